The molecule has 0 unspecified atom stereocenters. The fraction of sp³-hybridized carbons (Fsp3) is 0.560. The lowest BCUT2D eigenvalue weighted by atomic mass is 9.83. The molecule has 2 aliphatic heterocycles. The number of carbonyl (C=O) groups is 3. The number of Topliss-reactive ketones (excluding diaryl/α,β-unsaturated/α-hetero) is 1. The summed E-state index contributed by atoms with van der Waals surface area (Å²) >= 11 is 7.75. The number of ketones is 1. The third kappa shape index (κ3) is 4.86. The van der Waals surface area contributed by atoms with Crippen LogP contribution in [0.25, 0.3) is 10.6 Å². The number of likely N-dealkylation sites (tertiary alicyclic amines) is 1. The molecule has 3 aliphatic rings. The highest BCUT2D eigenvalue weighted by Gasteiger charge is 2.53. The van der Waals surface area contributed by atoms with E-state index in [1.54, 1.807) is 17.2 Å². The molecule has 1 aliphatic carbocycles. The second-order valence-electron chi connectivity index (χ2n) is 9.51. The van der Waals surface area contributed by atoms with Gasteiger partial charge in [0.2, 0.25) is 5.91 Å². The standard InChI is InChI=1S/C25H29ClN4O4S/c1-2-14-10-17(29-27-11-14)19-8-9-20(35-19)24(32)28-21(15-6-4-3-5-7-15)25(33)30-12-16(26)23-22(30)18(31)13-34-23/h8-11,15-16,21-23H,2-7,12-13H2,1H3,(H,28,32)/t16-,21-,22+,23+/m0/s1. The lowest BCUT2D eigenvalue weighted by Gasteiger charge is -2.34. The summed E-state index contributed by atoms with van der Waals surface area (Å²) in [4.78, 5) is 42.5. The van der Waals surface area contributed by atoms with Crippen LogP contribution in [0.1, 0.15) is 54.3 Å². The first-order chi connectivity index (χ1) is 17.0. The average molecular weight is 517 g/mol. The maximum atomic E-state index is 13.8. The van der Waals surface area contributed by atoms with E-state index in [1.165, 1.54) is 11.3 Å². The molecule has 8 nitrogen and oxygen atoms in total. The van der Waals surface area contributed by atoms with Gasteiger partial charge in [-0.1, -0.05) is 26.2 Å². The number of carbonyl (C=O) groups excluding carboxylic acids is 3. The van der Waals surface area contributed by atoms with Gasteiger partial charge in [0.25, 0.3) is 5.91 Å². The number of nitrogens with zero attached hydrogens (tertiary/aromatic N) is 3. The third-order valence-corrected chi connectivity index (χ3v) is 8.77. The Kier molecular flexibility index (Phi) is 7.18. The SMILES string of the molecule is CCc1cnnc(-c2ccc(C(=O)N[C@H](C(=O)N3C[C@H](Cl)[C@H]4OCC(=O)[C@H]43)C3CCCCC3)s2)c1. The highest BCUT2D eigenvalue weighted by molar-refractivity contribution is 7.17. The van der Waals surface area contributed by atoms with E-state index in [-0.39, 0.29) is 36.7 Å². The Hall–Kier alpha value is -2.36. The summed E-state index contributed by atoms with van der Waals surface area (Å²) in [5.41, 5.74) is 1.80. The number of hydrogen-bond donors (Lipinski definition) is 1. The van der Waals surface area contributed by atoms with Crippen molar-refractivity contribution in [3.8, 4) is 10.6 Å². The molecular formula is C25H29ClN4O4S. The van der Waals surface area contributed by atoms with Gasteiger partial charge in [0, 0.05) is 6.54 Å². The van der Waals surface area contributed by atoms with Crippen LogP contribution in [0.15, 0.2) is 24.4 Å². The number of hydrogen-bond acceptors (Lipinski definition) is 7. The number of alkyl halides is 1. The molecule has 0 radical (unpaired) electrons. The summed E-state index contributed by atoms with van der Waals surface area (Å²) in [6.07, 6.45) is 7.00. The van der Waals surface area contributed by atoms with Crippen LogP contribution in [0.5, 0.6) is 0 Å². The van der Waals surface area contributed by atoms with Gasteiger partial charge in [-0.15, -0.1) is 28.0 Å². The first-order valence-electron chi connectivity index (χ1n) is 12.3. The van der Waals surface area contributed by atoms with Crippen LogP contribution in [0.3, 0.4) is 0 Å². The first-order valence-corrected chi connectivity index (χ1v) is 13.5. The van der Waals surface area contributed by atoms with Crippen LogP contribution in [0, 0.1) is 5.92 Å². The van der Waals surface area contributed by atoms with Crippen molar-refractivity contribution in [2.45, 2.75) is 69.0 Å². The van der Waals surface area contributed by atoms with Crippen molar-refractivity contribution in [3.63, 3.8) is 0 Å². The molecule has 186 valence electrons. The van der Waals surface area contributed by atoms with Gasteiger partial charge in [0.1, 0.15) is 30.5 Å². The summed E-state index contributed by atoms with van der Waals surface area (Å²) in [5.74, 6) is -0.631. The van der Waals surface area contributed by atoms with Gasteiger partial charge in [-0.2, -0.15) is 5.10 Å². The molecular weight excluding hydrogens is 488 g/mol. The zero-order chi connectivity index (χ0) is 24.5. The van der Waals surface area contributed by atoms with Crippen LogP contribution < -0.4 is 5.32 Å². The highest BCUT2D eigenvalue weighted by Crippen LogP contribution is 2.34. The number of aryl methyl sites for hydroxylation is 1. The molecule has 4 heterocycles. The Morgan fingerprint density at radius 1 is 1.29 bits per heavy atom. The summed E-state index contributed by atoms with van der Waals surface area (Å²) in [7, 11) is 0. The molecule has 1 N–H and O–H groups in total. The highest BCUT2D eigenvalue weighted by atomic mass is 35.5. The van der Waals surface area contributed by atoms with Crippen molar-refractivity contribution < 1.29 is 19.1 Å². The van der Waals surface area contributed by atoms with E-state index in [1.807, 2.05) is 12.1 Å². The molecule has 2 saturated heterocycles. The molecule has 0 aromatic carbocycles. The number of rotatable bonds is 6. The van der Waals surface area contributed by atoms with Crippen molar-refractivity contribution in [3.05, 3.63) is 34.8 Å². The predicted molar refractivity (Wildman–Crippen MR) is 132 cm³/mol. The number of fused-ring (bicyclic) bond motifs is 1. The minimum absolute atomic E-state index is 0.0249. The van der Waals surface area contributed by atoms with E-state index >= 15 is 0 Å². The quantitative estimate of drug-likeness (QED) is 0.591. The van der Waals surface area contributed by atoms with Crippen LogP contribution in [0.2, 0.25) is 0 Å². The lowest BCUT2D eigenvalue weighted by Crippen LogP contribution is -2.55. The summed E-state index contributed by atoms with van der Waals surface area (Å²) < 4.78 is 5.55. The first kappa shape index (κ1) is 24.3. The summed E-state index contributed by atoms with van der Waals surface area (Å²) in [5, 5.41) is 10.9. The minimum Gasteiger partial charge on any atom is -0.366 e. The number of halogens is 1. The van der Waals surface area contributed by atoms with Gasteiger partial charge >= 0.3 is 0 Å². The molecule has 0 bridgehead atoms. The second kappa shape index (κ2) is 10.3. The maximum Gasteiger partial charge on any atom is 0.262 e. The average Bonchev–Trinajstić information content (AvgIpc) is 3.61. The number of thiophene rings is 1. The smallest absolute Gasteiger partial charge is 0.262 e. The van der Waals surface area contributed by atoms with E-state index in [4.69, 9.17) is 16.3 Å². The van der Waals surface area contributed by atoms with E-state index < -0.39 is 23.6 Å². The zero-order valence-electron chi connectivity index (χ0n) is 19.6. The minimum atomic E-state index is -0.701. The second-order valence-corrected chi connectivity index (χ2v) is 11.2. The van der Waals surface area contributed by atoms with Crippen molar-refractivity contribution in [2.75, 3.05) is 13.2 Å². The molecule has 10 heteroatoms. The van der Waals surface area contributed by atoms with E-state index in [0.29, 0.717) is 4.88 Å². The van der Waals surface area contributed by atoms with Crippen molar-refractivity contribution >= 4 is 40.5 Å². The van der Waals surface area contributed by atoms with Gasteiger partial charge in [-0.3, -0.25) is 14.4 Å². The number of nitrogens with one attached hydrogen (secondary N) is 1. The molecule has 4 atom stereocenters. The fourth-order valence-corrected chi connectivity index (χ4v) is 6.61. The molecule has 2 amide bonds. The van der Waals surface area contributed by atoms with Gasteiger partial charge in [0.05, 0.1) is 21.3 Å². The molecule has 35 heavy (non-hydrogen) atoms. The summed E-state index contributed by atoms with van der Waals surface area (Å²) in [6.45, 7) is 2.27. The number of amides is 2. The fourth-order valence-electron chi connectivity index (χ4n) is 5.38. The van der Waals surface area contributed by atoms with Gasteiger partial charge in [-0.25, -0.2) is 0 Å². The van der Waals surface area contributed by atoms with E-state index in [0.717, 1.165) is 54.7 Å². The van der Waals surface area contributed by atoms with Gasteiger partial charge in [-0.05, 0) is 48.9 Å². The Bertz CT molecular complexity index is 1120. The van der Waals surface area contributed by atoms with E-state index in [9.17, 15) is 14.4 Å². The zero-order valence-corrected chi connectivity index (χ0v) is 21.2. The van der Waals surface area contributed by atoms with Crippen molar-refractivity contribution in [2.24, 2.45) is 5.92 Å². The molecule has 1 saturated carbocycles. The number of ether oxygens (including phenoxy) is 1. The summed E-state index contributed by atoms with van der Waals surface area (Å²) in [6, 6.07) is 4.23. The lowest BCUT2D eigenvalue weighted by molar-refractivity contribution is -0.139. The molecule has 5 rings (SSSR count). The van der Waals surface area contributed by atoms with Crippen LogP contribution in [-0.2, 0) is 20.7 Å². The topological polar surface area (TPSA) is 101 Å². The predicted octanol–water partition coefficient (Wildman–Crippen LogP) is 3.23. The Morgan fingerprint density at radius 2 is 2.09 bits per heavy atom. The third-order valence-electron chi connectivity index (χ3n) is 7.28. The maximum absolute atomic E-state index is 13.8. The largest absolute Gasteiger partial charge is 0.366 e. The molecule has 0 spiro atoms. The number of aromatic nitrogens is 2. The Morgan fingerprint density at radius 3 is 2.86 bits per heavy atom. The van der Waals surface area contributed by atoms with Gasteiger partial charge in [0.15, 0.2) is 5.78 Å². The Balaban J connectivity index is 1.36. The molecule has 2 aromatic rings. The van der Waals surface area contributed by atoms with E-state index in [2.05, 4.69) is 22.4 Å². The molecule has 3 fully saturated rings. The molecule has 2 aromatic heterocycles. The Labute approximate surface area is 213 Å². The van der Waals surface area contributed by atoms with Crippen molar-refractivity contribution in [1.82, 2.24) is 20.4 Å². The monoisotopic (exact) mass is 516 g/mol. The van der Waals surface area contributed by atoms with Crippen LogP contribution in [-0.4, -0.2) is 69.4 Å². The normalized spacial score (nSPS) is 25.5. The van der Waals surface area contributed by atoms with Crippen LogP contribution in [0.4, 0.5) is 0 Å². The van der Waals surface area contributed by atoms with Gasteiger partial charge < -0.3 is 15.0 Å². The van der Waals surface area contributed by atoms with Crippen LogP contribution >= 0.6 is 22.9 Å². The van der Waals surface area contributed by atoms with Crippen molar-refractivity contribution in [1.29, 1.82) is 0 Å².